The van der Waals surface area contributed by atoms with Crippen LogP contribution in [0.15, 0.2) is 29.1 Å². The van der Waals surface area contributed by atoms with E-state index in [0.717, 1.165) is 5.56 Å². The van der Waals surface area contributed by atoms with E-state index < -0.39 is 0 Å². The van der Waals surface area contributed by atoms with Crippen LogP contribution in [0.4, 0.5) is 5.82 Å². The second-order valence-corrected chi connectivity index (χ2v) is 4.87. The molecular weight excluding hydrogens is 278 g/mol. The number of H-pyrrole nitrogens is 1. The Hall–Kier alpha value is -2.34. The number of nitrogens with two attached hydrogens (primary N) is 1. The highest BCUT2D eigenvalue weighted by molar-refractivity contribution is 6.31. The van der Waals surface area contributed by atoms with Gasteiger partial charge in [0.1, 0.15) is 11.3 Å². The van der Waals surface area contributed by atoms with E-state index in [-0.39, 0.29) is 11.5 Å². The Bertz CT molecular complexity index is 852. The summed E-state index contributed by atoms with van der Waals surface area (Å²) in [5.41, 5.74) is 7.29. The molecule has 3 N–H and O–H groups in total. The highest BCUT2D eigenvalue weighted by Crippen LogP contribution is 2.19. The number of nitrogens with zero attached hydrogens (tertiary/aromatic N) is 3. The number of benzene rings is 1. The van der Waals surface area contributed by atoms with Crippen molar-refractivity contribution in [2.45, 2.75) is 13.5 Å². The molecule has 3 aromatic rings. The van der Waals surface area contributed by atoms with Crippen molar-refractivity contribution in [3.63, 3.8) is 0 Å². The molecule has 0 aliphatic rings. The molecule has 1 aromatic carbocycles. The van der Waals surface area contributed by atoms with Gasteiger partial charge in [-0.3, -0.25) is 4.57 Å². The van der Waals surface area contributed by atoms with Crippen molar-refractivity contribution in [2.75, 3.05) is 5.73 Å². The Morgan fingerprint density at radius 2 is 2.10 bits per heavy atom. The van der Waals surface area contributed by atoms with E-state index in [4.69, 9.17) is 17.3 Å². The zero-order valence-corrected chi connectivity index (χ0v) is 11.5. The lowest BCUT2D eigenvalue weighted by atomic mass is 10.2. The molecule has 2 aromatic heterocycles. The summed E-state index contributed by atoms with van der Waals surface area (Å²) in [4.78, 5) is 23.1. The number of anilines is 1. The van der Waals surface area contributed by atoms with Crippen molar-refractivity contribution >= 4 is 28.6 Å². The second kappa shape index (κ2) is 4.64. The average Bonchev–Trinajstić information content (AvgIpc) is 2.70. The van der Waals surface area contributed by atoms with Crippen molar-refractivity contribution in [1.29, 1.82) is 0 Å². The summed E-state index contributed by atoms with van der Waals surface area (Å²) < 4.78 is 1.50. The van der Waals surface area contributed by atoms with Gasteiger partial charge in [0.25, 0.3) is 0 Å². The standard InChI is InChI=1S/C13H12ClN5O/c1-7-16-11(15)10-12(17-7)19(13(20)18-10)6-8-4-2-3-5-9(8)14/h2-5H,6H2,1H3,(H,18,20)(H2,15,16,17). The fourth-order valence-electron chi connectivity index (χ4n) is 2.11. The van der Waals surface area contributed by atoms with Gasteiger partial charge in [-0.25, -0.2) is 14.8 Å². The molecule has 7 heteroatoms. The van der Waals surface area contributed by atoms with Gasteiger partial charge in [0.15, 0.2) is 11.5 Å². The molecule has 102 valence electrons. The van der Waals surface area contributed by atoms with Crippen LogP contribution in [0.1, 0.15) is 11.4 Å². The minimum atomic E-state index is -0.286. The van der Waals surface area contributed by atoms with Crippen LogP contribution in [0, 0.1) is 6.92 Å². The first-order valence-corrected chi connectivity index (χ1v) is 6.40. The van der Waals surface area contributed by atoms with E-state index >= 15 is 0 Å². The number of nitrogens with one attached hydrogen (secondary N) is 1. The molecule has 0 atom stereocenters. The molecular formula is C13H12ClN5O. The largest absolute Gasteiger partial charge is 0.382 e. The zero-order valence-electron chi connectivity index (χ0n) is 10.7. The van der Waals surface area contributed by atoms with Crippen molar-refractivity contribution in [3.8, 4) is 0 Å². The van der Waals surface area contributed by atoms with Crippen molar-refractivity contribution in [2.24, 2.45) is 0 Å². The number of rotatable bonds is 2. The van der Waals surface area contributed by atoms with Gasteiger partial charge >= 0.3 is 5.69 Å². The second-order valence-electron chi connectivity index (χ2n) is 4.46. The molecule has 0 fully saturated rings. The Morgan fingerprint density at radius 3 is 2.85 bits per heavy atom. The van der Waals surface area contributed by atoms with Crippen molar-refractivity contribution in [3.05, 3.63) is 51.2 Å². The van der Waals surface area contributed by atoms with Crippen LogP contribution in [0.5, 0.6) is 0 Å². The van der Waals surface area contributed by atoms with E-state index in [2.05, 4.69) is 15.0 Å². The SMILES string of the molecule is Cc1nc(N)c2[nH]c(=O)n(Cc3ccccc3Cl)c2n1. The quantitative estimate of drug-likeness (QED) is 0.751. The van der Waals surface area contributed by atoms with Gasteiger partial charge in [-0.2, -0.15) is 0 Å². The first-order valence-electron chi connectivity index (χ1n) is 6.02. The lowest BCUT2D eigenvalue weighted by Gasteiger charge is -2.05. The normalized spacial score (nSPS) is 11.1. The van der Waals surface area contributed by atoms with E-state index in [1.807, 2.05) is 18.2 Å². The number of nitrogen functional groups attached to an aromatic ring is 1. The van der Waals surface area contributed by atoms with Crippen LogP contribution in [0.3, 0.4) is 0 Å². The van der Waals surface area contributed by atoms with Crippen molar-refractivity contribution in [1.82, 2.24) is 19.5 Å². The summed E-state index contributed by atoms with van der Waals surface area (Å²) in [6, 6.07) is 7.36. The number of hydrogen-bond donors (Lipinski definition) is 2. The van der Waals surface area contributed by atoms with Crippen LogP contribution in [-0.2, 0) is 6.54 Å². The van der Waals surface area contributed by atoms with E-state index in [0.29, 0.717) is 28.6 Å². The number of aromatic amines is 1. The zero-order chi connectivity index (χ0) is 14.3. The molecule has 2 heterocycles. The molecule has 0 aliphatic carbocycles. The molecule has 3 rings (SSSR count). The Kier molecular flexibility index (Phi) is 2.94. The summed E-state index contributed by atoms with van der Waals surface area (Å²) >= 11 is 6.12. The van der Waals surface area contributed by atoms with E-state index in [1.165, 1.54) is 4.57 Å². The molecule has 0 bridgehead atoms. The van der Waals surface area contributed by atoms with Crippen LogP contribution < -0.4 is 11.4 Å². The van der Waals surface area contributed by atoms with Crippen molar-refractivity contribution < 1.29 is 0 Å². The number of aromatic nitrogens is 4. The van der Waals surface area contributed by atoms with Crippen LogP contribution in [-0.4, -0.2) is 19.5 Å². The van der Waals surface area contributed by atoms with Gasteiger partial charge < -0.3 is 10.7 Å². The van der Waals surface area contributed by atoms with E-state index in [1.54, 1.807) is 13.0 Å². The van der Waals surface area contributed by atoms with Crippen LogP contribution in [0.2, 0.25) is 5.02 Å². The molecule has 0 radical (unpaired) electrons. The Balaban J connectivity index is 2.19. The molecule has 0 saturated heterocycles. The van der Waals surface area contributed by atoms with Gasteiger partial charge in [-0.1, -0.05) is 29.8 Å². The maximum atomic E-state index is 12.1. The minimum absolute atomic E-state index is 0.266. The molecule has 0 saturated carbocycles. The molecule has 0 spiro atoms. The monoisotopic (exact) mass is 289 g/mol. The topological polar surface area (TPSA) is 89.6 Å². The lowest BCUT2D eigenvalue weighted by Crippen LogP contribution is -2.18. The molecule has 0 aliphatic heterocycles. The van der Waals surface area contributed by atoms with Gasteiger partial charge in [0.05, 0.1) is 6.54 Å². The smallest absolute Gasteiger partial charge is 0.328 e. The molecule has 0 amide bonds. The number of fused-ring (bicyclic) bond motifs is 1. The predicted molar refractivity (Wildman–Crippen MR) is 77.9 cm³/mol. The van der Waals surface area contributed by atoms with Crippen LogP contribution in [0.25, 0.3) is 11.2 Å². The third-order valence-electron chi connectivity index (χ3n) is 3.05. The van der Waals surface area contributed by atoms with Crippen LogP contribution >= 0.6 is 11.6 Å². The summed E-state index contributed by atoms with van der Waals surface area (Å²) in [6.45, 7) is 2.06. The van der Waals surface area contributed by atoms with Gasteiger partial charge in [0.2, 0.25) is 0 Å². The number of imidazole rings is 1. The summed E-state index contributed by atoms with van der Waals surface area (Å²) in [7, 11) is 0. The fraction of sp³-hybridized carbons (Fsp3) is 0.154. The minimum Gasteiger partial charge on any atom is -0.382 e. The number of halogens is 1. The highest BCUT2D eigenvalue weighted by Gasteiger charge is 2.13. The Morgan fingerprint density at radius 1 is 1.35 bits per heavy atom. The third-order valence-corrected chi connectivity index (χ3v) is 3.42. The molecule has 0 unspecified atom stereocenters. The summed E-state index contributed by atoms with van der Waals surface area (Å²) in [6.07, 6.45) is 0. The van der Waals surface area contributed by atoms with E-state index in [9.17, 15) is 4.79 Å². The third kappa shape index (κ3) is 2.04. The van der Waals surface area contributed by atoms with Gasteiger partial charge in [0, 0.05) is 5.02 Å². The van der Waals surface area contributed by atoms with Gasteiger partial charge in [-0.05, 0) is 18.6 Å². The number of aryl methyl sites for hydroxylation is 1. The lowest BCUT2D eigenvalue weighted by molar-refractivity contribution is 0.775. The first kappa shape index (κ1) is 12.7. The fourth-order valence-corrected chi connectivity index (χ4v) is 2.30. The summed E-state index contributed by atoms with van der Waals surface area (Å²) in [5, 5.41) is 0.604. The Labute approximate surface area is 119 Å². The molecule has 6 nitrogen and oxygen atoms in total. The first-order chi connectivity index (χ1) is 9.56. The maximum absolute atomic E-state index is 12.1. The molecule has 20 heavy (non-hydrogen) atoms. The van der Waals surface area contributed by atoms with Gasteiger partial charge in [-0.15, -0.1) is 0 Å². The maximum Gasteiger partial charge on any atom is 0.328 e. The number of hydrogen-bond acceptors (Lipinski definition) is 4. The highest BCUT2D eigenvalue weighted by atomic mass is 35.5. The predicted octanol–water partition coefficient (Wildman–Crippen LogP) is 1.71. The summed E-state index contributed by atoms with van der Waals surface area (Å²) in [5.74, 6) is 0.782. The average molecular weight is 290 g/mol.